The summed E-state index contributed by atoms with van der Waals surface area (Å²) >= 11 is 0. The average Bonchev–Trinajstić information content (AvgIpc) is 2.65. The monoisotopic (exact) mass is 334 g/mol. The van der Waals surface area contributed by atoms with Crippen molar-refractivity contribution >= 4 is 26.9 Å². The second-order valence-electron chi connectivity index (χ2n) is 3.74. The summed E-state index contributed by atoms with van der Waals surface area (Å²) in [5, 5.41) is 2.64. The summed E-state index contributed by atoms with van der Waals surface area (Å²) in [5.41, 5.74) is 0.876. The van der Waals surface area contributed by atoms with Gasteiger partial charge in [0.1, 0.15) is 5.82 Å². The van der Waals surface area contributed by atoms with Crippen LogP contribution in [-0.2, 0) is 4.74 Å². The summed E-state index contributed by atoms with van der Waals surface area (Å²) in [5.74, 6) is -0.339. The molecule has 1 heterocycles. The van der Waals surface area contributed by atoms with Crippen LogP contribution in [0.5, 0.6) is 0 Å². The Morgan fingerprint density at radius 3 is 2.09 bits per heavy atom. The van der Waals surface area contributed by atoms with Gasteiger partial charge in [-0.15, -0.1) is 9.24 Å². The Balaban J connectivity index is 0.00000112. The van der Waals surface area contributed by atoms with Crippen LogP contribution in [0, 0.1) is 0 Å². The molecule has 2 rings (SSSR count). The summed E-state index contributed by atoms with van der Waals surface area (Å²) in [4.78, 5) is 27.0. The van der Waals surface area contributed by atoms with Crippen LogP contribution in [0.1, 0.15) is 34.6 Å². The van der Waals surface area contributed by atoms with Crippen LogP contribution in [0.15, 0.2) is 48.7 Å². The molecule has 1 unspecified atom stereocenters. The topological polar surface area (TPSA) is 68.3 Å². The van der Waals surface area contributed by atoms with Crippen molar-refractivity contribution in [3.63, 3.8) is 0 Å². The lowest BCUT2D eigenvalue weighted by Gasteiger charge is -2.05. The number of hydrogen-bond acceptors (Lipinski definition) is 4. The van der Waals surface area contributed by atoms with Crippen LogP contribution in [0.3, 0.4) is 0 Å². The predicted octanol–water partition coefficient (Wildman–Crippen LogP) is 3.64. The molecular formula is C17H23N2O3P. The van der Waals surface area contributed by atoms with Crippen LogP contribution >= 0.6 is 9.24 Å². The molecule has 1 N–H and O–H groups in total. The predicted molar refractivity (Wildman–Crippen MR) is 97.0 cm³/mol. The Labute approximate surface area is 139 Å². The van der Waals surface area contributed by atoms with Crippen LogP contribution in [-0.4, -0.2) is 30.6 Å². The number of carbonyl (C=O) groups is 2. The number of carbonyl (C=O) groups excluding carboxylic acids is 2. The van der Waals surface area contributed by atoms with Crippen molar-refractivity contribution in [1.29, 1.82) is 0 Å². The largest absolute Gasteiger partial charge is 0.465 e. The van der Waals surface area contributed by atoms with Gasteiger partial charge >= 0.3 is 5.97 Å². The molecule has 1 atom stereocenters. The van der Waals surface area contributed by atoms with Crippen LogP contribution < -0.4 is 5.32 Å². The zero-order valence-corrected chi connectivity index (χ0v) is 15.0. The third-order valence-corrected chi connectivity index (χ3v) is 2.46. The first-order valence-electron chi connectivity index (χ1n) is 7.19. The maximum absolute atomic E-state index is 11.8. The zero-order valence-electron chi connectivity index (χ0n) is 13.9. The van der Waals surface area contributed by atoms with Gasteiger partial charge in [0, 0.05) is 11.8 Å². The number of nitrogens with one attached hydrogen (secondary N) is 1. The molecule has 23 heavy (non-hydrogen) atoms. The van der Waals surface area contributed by atoms with E-state index >= 15 is 0 Å². The lowest BCUT2D eigenvalue weighted by atomic mass is 10.2. The molecule has 1 aromatic heterocycles. The molecule has 0 radical (unpaired) electrons. The van der Waals surface area contributed by atoms with Crippen molar-refractivity contribution in [2.45, 2.75) is 13.8 Å². The molecule has 0 saturated carbocycles. The fourth-order valence-electron chi connectivity index (χ4n) is 1.48. The van der Waals surface area contributed by atoms with Gasteiger partial charge in [0.05, 0.1) is 12.7 Å². The molecule has 0 spiro atoms. The normalized spacial score (nSPS) is 8.57. The third kappa shape index (κ3) is 7.02. The Morgan fingerprint density at radius 2 is 1.61 bits per heavy atom. The molecular weight excluding hydrogens is 311 g/mol. The van der Waals surface area contributed by atoms with E-state index in [9.17, 15) is 9.59 Å². The van der Waals surface area contributed by atoms with E-state index in [1.54, 1.807) is 36.4 Å². The van der Waals surface area contributed by atoms with Gasteiger partial charge in [-0.25, -0.2) is 9.78 Å². The number of aromatic nitrogens is 1. The average molecular weight is 334 g/mol. The van der Waals surface area contributed by atoms with Gasteiger partial charge in [0.2, 0.25) is 0 Å². The van der Waals surface area contributed by atoms with Crippen molar-refractivity contribution in [2.24, 2.45) is 0 Å². The molecule has 6 heteroatoms. The van der Waals surface area contributed by atoms with E-state index in [2.05, 4.69) is 24.3 Å². The molecule has 0 aliphatic carbocycles. The number of anilines is 1. The summed E-state index contributed by atoms with van der Waals surface area (Å²) in [7, 11) is 3.72. The van der Waals surface area contributed by atoms with Crippen molar-refractivity contribution in [3.8, 4) is 0 Å². The van der Waals surface area contributed by atoms with Gasteiger partial charge in [-0.1, -0.05) is 38.7 Å². The maximum atomic E-state index is 11.8. The Hall–Kier alpha value is -2.26. The first-order valence-corrected chi connectivity index (χ1v) is 8.34. The van der Waals surface area contributed by atoms with E-state index in [4.69, 9.17) is 0 Å². The molecule has 2 aromatic rings. The minimum absolute atomic E-state index is 0.251. The van der Waals surface area contributed by atoms with Crippen molar-refractivity contribution in [2.75, 3.05) is 19.1 Å². The van der Waals surface area contributed by atoms with Gasteiger partial charge in [-0.3, -0.25) is 4.79 Å². The highest BCUT2D eigenvalue weighted by Gasteiger charge is 2.08. The summed E-state index contributed by atoms with van der Waals surface area (Å²) in [6.07, 6.45) is 1.35. The molecule has 0 saturated heterocycles. The fraction of sp³-hybridized carbons (Fsp3) is 0.235. The number of pyridine rings is 1. The second kappa shape index (κ2) is 12.3. The van der Waals surface area contributed by atoms with E-state index in [0.717, 1.165) is 0 Å². The molecule has 0 aliphatic rings. The number of hydrogen-bond donors (Lipinski definition) is 1. The van der Waals surface area contributed by atoms with Gasteiger partial charge < -0.3 is 10.1 Å². The molecule has 0 fully saturated rings. The highest BCUT2D eigenvalue weighted by atomic mass is 31.0. The Kier molecular flexibility index (Phi) is 11.1. The second-order valence-corrected chi connectivity index (χ2v) is 3.74. The number of amides is 1. The molecule has 124 valence electrons. The first kappa shape index (κ1) is 20.7. The minimum atomic E-state index is -0.464. The van der Waals surface area contributed by atoms with E-state index in [1.165, 1.54) is 13.3 Å². The van der Waals surface area contributed by atoms with Crippen molar-refractivity contribution < 1.29 is 14.3 Å². The molecule has 1 aromatic carbocycles. The SMILES string of the molecule is CC.COC(=O)c1ccc(NC(=O)c2ccccc2)nc1.CP. The number of nitrogens with zero attached hydrogens (tertiary/aromatic N) is 1. The molecule has 0 aliphatic heterocycles. The fourth-order valence-corrected chi connectivity index (χ4v) is 1.48. The van der Waals surface area contributed by atoms with Gasteiger partial charge in [0.25, 0.3) is 5.91 Å². The standard InChI is InChI=1S/C14H12N2O3.C2H6.CH5P/c1-19-14(18)11-7-8-12(15-9-11)16-13(17)10-5-3-2-4-6-10;2*1-2/h2-9H,1H3,(H,15,16,17);1-2H3;2H2,1H3. The molecule has 1 amide bonds. The zero-order chi connectivity index (χ0) is 17.7. The Morgan fingerprint density at radius 1 is 1.00 bits per heavy atom. The smallest absolute Gasteiger partial charge is 0.339 e. The van der Waals surface area contributed by atoms with Gasteiger partial charge in [0.15, 0.2) is 0 Å². The molecule has 0 bridgehead atoms. The lowest BCUT2D eigenvalue weighted by Crippen LogP contribution is -2.13. The van der Waals surface area contributed by atoms with E-state index < -0.39 is 5.97 Å². The summed E-state index contributed by atoms with van der Waals surface area (Å²) < 4.78 is 4.56. The number of methoxy groups -OCH3 is 1. The highest BCUT2D eigenvalue weighted by molar-refractivity contribution is 7.15. The van der Waals surface area contributed by atoms with Crippen LogP contribution in [0.4, 0.5) is 5.82 Å². The van der Waals surface area contributed by atoms with Crippen LogP contribution in [0.25, 0.3) is 0 Å². The number of esters is 1. The lowest BCUT2D eigenvalue weighted by molar-refractivity contribution is 0.0600. The van der Waals surface area contributed by atoms with E-state index in [1.807, 2.05) is 26.6 Å². The number of ether oxygens (including phenoxy) is 1. The highest BCUT2D eigenvalue weighted by Crippen LogP contribution is 2.08. The number of rotatable bonds is 3. The van der Waals surface area contributed by atoms with E-state index in [0.29, 0.717) is 16.9 Å². The van der Waals surface area contributed by atoms with Crippen molar-refractivity contribution in [3.05, 3.63) is 59.8 Å². The van der Waals surface area contributed by atoms with E-state index in [-0.39, 0.29) is 5.91 Å². The minimum Gasteiger partial charge on any atom is -0.465 e. The summed E-state index contributed by atoms with van der Waals surface area (Å²) in [6.45, 7) is 5.92. The van der Waals surface area contributed by atoms with Gasteiger partial charge in [-0.2, -0.15) is 0 Å². The quantitative estimate of drug-likeness (QED) is 0.687. The maximum Gasteiger partial charge on any atom is 0.339 e. The van der Waals surface area contributed by atoms with Crippen LogP contribution in [0.2, 0.25) is 0 Å². The first-order chi connectivity index (χ1) is 11.2. The molecule has 5 nitrogen and oxygen atoms in total. The number of benzene rings is 1. The third-order valence-electron chi connectivity index (χ3n) is 2.46. The van der Waals surface area contributed by atoms with Crippen molar-refractivity contribution in [1.82, 2.24) is 4.98 Å². The Bertz CT molecular complexity index is 587. The van der Waals surface area contributed by atoms with Gasteiger partial charge in [-0.05, 0) is 24.3 Å². The summed E-state index contributed by atoms with van der Waals surface area (Å²) in [6, 6.07) is 11.9.